The Morgan fingerprint density at radius 2 is 1.54 bits per heavy atom. The molecule has 0 aromatic heterocycles. The van der Waals surface area contributed by atoms with Crippen LogP contribution in [0.15, 0.2) is 0 Å². The molecule has 5 heteroatoms. The number of rotatable bonds is 6. The summed E-state index contributed by atoms with van der Waals surface area (Å²) in [6.45, 7) is 5.63. The maximum absolute atomic E-state index is 13.0. The zero-order valence-electron chi connectivity index (χ0n) is 16.8. The molecule has 2 saturated carbocycles. The predicted molar refractivity (Wildman–Crippen MR) is 102 cm³/mol. The second kappa shape index (κ2) is 9.72. The Kier molecular flexibility index (Phi) is 7.93. The molecule has 0 spiro atoms. The van der Waals surface area contributed by atoms with Crippen molar-refractivity contribution in [3.05, 3.63) is 0 Å². The molecule has 0 heterocycles. The van der Waals surface area contributed by atoms with Gasteiger partial charge < -0.3 is 15.2 Å². The first-order valence-electron chi connectivity index (χ1n) is 10.5. The fraction of sp³-hybridized carbons (Fsp3) is 0.905. The number of aliphatic hydroxyl groups is 1. The van der Waals surface area contributed by atoms with E-state index in [1.54, 1.807) is 0 Å². The molecule has 0 aromatic rings. The van der Waals surface area contributed by atoms with E-state index < -0.39 is 23.8 Å². The standard InChI is InChI=1S/C21H37NO4/c1-21(2,3)22-20(25)26-17(14-15-10-6-4-7-11-15)19(24)18(23)16-12-8-5-9-13-16/h15-18,23H,4-14H2,1-3H3,(H,22,25)/t17-,18?/m0/s1. The largest absolute Gasteiger partial charge is 0.438 e. The molecule has 150 valence electrons. The van der Waals surface area contributed by atoms with Crippen LogP contribution >= 0.6 is 0 Å². The molecule has 2 atom stereocenters. The molecule has 2 N–H and O–H groups in total. The van der Waals surface area contributed by atoms with Gasteiger partial charge in [0.1, 0.15) is 6.10 Å². The molecule has 1 amide bonds. The SMILES string of the molecule is CC(C)(C)NC(=O)O[C@@H](CC1CCCCC1)C(=O)C(O)C1CCCCC1. The maximum Gasteiger partial charge on any atom is 0.408 e. The molecule has 0 aliphatic heterocycles. The summed E-state index contributed by atoms with van der Waals surface area (Å²) in [5.74, 6) is 0.115. The maximum atomic E-state index is 13.0. The van der Waals surface area contributed by atoms with Crippen LogP contribution in [0.5, 0.6) is 0 Å². The van der Waals surface area contributed by atoms with Crippen molar-refractivity contribution in [1.82, 2.24) is 5.32 Å². The van der Waals surface area contributed by atoms with Gasteiger partial charge in [0.15, 0.2) is 6.10 Å². The Labute approximate surface area is 158 Å². The third kappa shape index (κ3) is 6.90. The van der Waals surface area contributed by atoms with Gasteiger partial charge in [0.2, 0.25) is 5.78 Å². The van der Waals surface area contributed by atoms with E-state index in [1.165, 1.54) is 25.7 Å². The number of hydrogen-bond acceptors (Lipinski definition) is 4. The van der Waals surface area contributed by atoms with Gasteiger partial charge >= 0.3 is 6.09 Å². The van der Waals surface area contributed by atoms with E-state index in [1.807, 2.05) is 20.8 Å². The van der Waals surface area contributed by atoms with E-state index in [4.69, 9.17) is 4.74 Å². The molecule has 0 aromatic carbocycles. The first-order chi connectivity index (χ1) is 12.3. The van der Waals surface area contributed by atoms with E-state index in [9.17, 15) is 14.7 Å². The monoisotopic (exact) mass is 367 g/mol. The number of Topliss-reactive ketones (excluding diaryl/α,β-unsaturated/α-hetero) is 1. The van der Waals surface area contributed by atoms with Crippen molar-refractivity contribution < 1.29 is 19.4 Å². The van der Waals surface area contributed by atoms with Gasteiger partial charge in [-0.3, -0.25) is 4.79 Å². The smallest absolute Gasteiger partial charge is 0.408 e. The summed E-state index contributed by atoms with van der Waals surface area (Å²) in [7, 11) is 0. The Morgan fingerprint density at radius 3 is 2.08 bits per heavy atom. The molecule has 2 rings (SSSR count). The molecule has 0 bridgehead atoms. The summed E-state index contributed by atoms with van der Waals surface area (Å²) in [6.07, 6.45) is 8.94. The minimum atomic E-state index is -1.01. The van der Waals surface area contributed by atoms with E-state index in [0.717, 1.165) is 38.5 Å². The second-order valence-electron chi connectivity index (χ2n) is 9.25. The number of nitrogens with one attached hydrogen (secondary N) is 1. The fourth-order valence-electron chi connectivity index (χ4n) is 4.29. The van der Waals surface area contributed by atoms with Crippen molar-refractivity contribution >= 4 is 11.9 Å². The number of aliphatic hydroxyl groups excluding tert-OH is 1. The van der Waals surface area contributed by atoms with Gasteiger partial charge in [0, 0.05) is 5.54 Å². The molecular formula is C21H37NO4. The highest BCUT2D eigenvalue weighted by molar-refractivity contribution is 5.89. The summed E-state index contributed by atoms with van der Waals surface area (Å²) in [4.78, 5) is 25.2. The highest BCUT2D eigenvalue weighted by Gasteiger charge is 2.36. The van der Waals surface area contributed by atoms with Crippen LogP contribution in [0.2, 0.25) is 0 Å². The lowest BCUT2D eigenvalue weighted by molar-refractivity contribution is -0.140. The molecule has 5 nitrogen and oxygen atoms in total. The van der Waals surface area contributed by atoms with Crippen molar-refractivity contribution in [3.8, 4) is 0 Å². The van der Waals surface area contributed by atoms with E-state index >= 15 is 0 Å². The first-order valence-corrected chi connectivity index (χ1v) is 10.5. The lowest BCUT2D eigenvalue weighted by Crippen LogP contribution is -2.46. The van der Waals surface area contributed by atoms with Gasteiger partial charge in [-0.15, -0.1) is 0 Å². The van der Waals surface area contributed by atoms with E-state index in [-0.39, 0.29) is 11.7 Å². The van der Waals surface area contributed by atoms with Crippen LogP contribution < -0.4 is 5.32 Å². The van der Waals surface area contributed by atoms with Crippen LogP contribution in [0.3, 0.4) is 0 Å². The average Bonchev–Trinajstić information content (AvgIpc) is 2.60. The summed E-state index contributed by atoms with van der Waals surface area (Å²) in [5.41, 5.74) is -0.419. The van der Waals surface area contributed by atoms with Gasteiger partial charge in [-0.25, -0.2) is 4.79 Å². The number of ketones is 1. The number of hydrogen-bond donors (Lipinski definition) is 2. The molecule has 1 unspecified atom stereocenters. The van der Waals surface area contributed by atoms with E-state index in [0.29, 0.717) is 12.3 Å². The van der Waals surface area contributed by atoms with Gasteiger partial charge in [0.25, 0.3) is 0 Å². The van der Waals surface area contributed by atoms with Crippen molar-refractivity contribution in [1.29, 1.82) is 0 Å². The van der Waals surface area contributed by atoms with Gasteiger partial charge in [-0.1, -0.05) is 51.4 Å². The topological polar surface area (TPSA) is 75.6 Å². The Bertz CT molecular complexity index is 459. The first kappa shape index (κ1) is 21.2. The highest BCUT2D eigenvalue weighted by Crippen LogP contribution is 2.31. The third-order valence-corrected chi connectivity index (χ3v) is 5.70. The summed E-state index contributed by atoms with van der Waals surface area (Å²) >= 11 is 0. The van der Waals surface area contributed by atoms with Crippen LogP contribution in [0.1, 0.15) is 91.4 Å². The highest BCUT2D eigenvalue weighted by atomic mass is 16.6. The van der Waals surface area contributed by atoms with Crippen molar-refractivity contribution in [3.63, 3.8) is 0 Å². The van der Waals surface area contributed by atoms with Crippen LogP contribution in [0.4, 0.5) is 4.79 Å². The predicted octanol–water partition coefficient (Wildman–Crippen LogP) is 4.36. The Hall–Kier alpha value is -1.10. The molecule has 2 fully saturated rings. The van der Waals surface area contributed by atoms with Crippen LogP contribution in [0.25, 0.3) is 0 Å². The zero-order valence-corrected chi connectivity index (χ0v) is 16.8. The normalized spacial score (nSPS) is 22.5. The third-order valence-electron chi connectivity index (χ3n) is 5.70. The minimum absolute atomic E-state index is 0.0133. The Morgan fingerprint density at radius 1 is 1.00 bits per heavy atom. The number of carbonyl (C=O) groups is 2. The van der Waals surface area contributed by atoms with Crippen LogP contribution in [-0.4, -0.2) is 34.7 Å². The number of ether oxygens (including phenoxy) is 1. The van der Waals surface area contributed by atoms with E-state index in [2.05, 4.69) is 5.32 Å². The molecule has 2 aliphatic rings. The van der Waals surface area contributed by atoms with Crippen molar-refractivity contribution in [2.24, 2.45) is 11.8 Å². The number of carbonyl (C=O) groups excluding carboxylic acids is 2. The lowest BCUT2D eigenvalue weighted by atomic mass is 9.80. The van der Waals surface area contributed by atoms with Gasteiger partial charge in [0.05, 0.1) is 0 Å². The van der Waals surface area contributed by atoms with Gasteiger partial charge in [-0.05, 0) is 51.9 Å². The number of alkyl carbamates (subject to hydrolysis) is 1. The lowest BCUT2D eigenvalue weighted by Gasteiger charge is -2.31. The molecule has 0 radical (unpaired) electrons. The minimum Gasteiger partial charge on any atom is -0.438 e. The van der Waals surface area contributed by atoms with Gasteiger partial charge in [-0.2, -0.15) is 0 Å². The van der Waals surface area contributed by atoms with Crippen molar-refractivity contribution in [2.45, 2.75) is 109 Å². The summed E-state index contributed by atoms with van der Waals surface area (Å²) in [5, 5.41) is 13.4. The van der Waals surface area contributed by atoms with Crippen LogP contribution in [0, 0.1) is 11.8 Å². The van der Waals surface area contributed by atoms with Crippen LogP contribution in [-0.2, 0) is 9.53 Å². The summed E-state index contributed by atoms with van der Waals surface area (Å²) < 4.78 is 5.54. The fourth-order valence-corrected chi connectivity index (χ4v) is 4.29. The molecule has 0 saturated heterocycles. The average molecular weight is 368 g/mol. The summed E-state index contributed by atoms with van der Waals surface area (Å²) in [6, 6.07) is 0. The quantitative estimate of drug-likeness (QED) is 0.731. The second-order valence-corrected chi connectivity index (χ2v) is 9.25. The zero-order chi connectivity index (χ0) is 19.2. The Balaban J connectivity index is 2.02. The van der Waals surface area contributed by atoms with Crippen molar-refractivity contribution in [2.75, 3.05) is 0 Å². The molecule has 26 heavy (non-hydrogen) atoms. The molecular weight excluding hydrogens is 330 g/mol. The number of amides is 1. The molecule has 2 aliphatic carbocycles.